The third kappa shape index (κ3) is 1.74. The molecule has 0 fully saturated rings. The smallest absolute Gasteiger partial charge is 0.156 e. The third-order valence-electron chi connectivity index (χ3n) is 4.08. The predicted molar refractivity (Wildman–Crippen MR) is 69.9 cm³/mol. The Morgan fingerprint density at radius 1 is 1.29 bits per heavy atom. The molecule has 1 nitrogen and oxygen atoms in total. The molecule has 3 rings (SSSR count). The quantitative estimate of drug-likeness (QED) is 0.713. The molecule has 0 amide bonds. The van der Waals surface area contributed by atoms with Crippen LogP contribution in [0, 0.1) is 5.92 Å². The van der Waals surface area contributed by atoms with Gasteiger partial charge in [0, 0.05) is 6.42 Å². The second-order valence-corrected chi connectivity index (χ2v) is 5.58. The average molecular weight is 226 g/mol. The van der Waals surface area contributed by atoms with Gasteiger partial charge >= 0.3 is 0 Å². The van der Waals surface area contributed by atoms with Crippen molar-refractivity contribution in [2.45, 2.75) is 39.0 Å². The van der Waals surface area contributed by atoms with E-state index >= 15 is 0 Å². The molecule has 1 unspecified atom stereocenters. The molecular formula is C16H18O. The third-order valence-corrected chi connectivity index (χ3v) is 4.08. The Hall–Kier alpha value is -1.37. The highest BCUT2D eigenvalue weighted by Gasteiger charge is 2.30. The van der Waals surface area contributed by atoms with E-state index in [1.807, 2.05) is 6.08 Å². The molecule has 0 saturated heterocycles. The van der Waals surface area contributed by atoms with Crippen LogP contribution in [0.3, 0.4) is 0 Å². The first-order valence-electron chi connectivity index (χ1n) is 6.53. The Kier molecular flexibility index (Phi) is 2.43. The molecule has 0 heterocycles. The molecule has 2 aliphatic rings. The van der Waals surface area contributed by atoms with Crippen LogP contribution < -0.4 is 0 Å². The van der Waals surface area contributed by atoms with E-state index in [0.29, 0.717) is 17.6 Å². The largest absolute Gasteiger partial charge is 0.295 e. The van der Waals surface area contributed by atoms with Gasteiger partial charge in [-0.05, 0) is 53.0 Å². The summed E-state index contributed by atoms with van der Waals surface area (Å²) < 4.78 is 0. The zero-order chi connectivity index (χ0) is 12.0. The fraction of sp³-hybridized carbons (Fsp3) is 0.438. The van der Waals surface area contributed by atoms with Gasteiger partial charge in [-0.25, -0.2) is 0 Å². The van der Waals surface area contributed by atoms with Crippen molar-refractivity contribution in [3.05, 3.63) is 41.0 Å². The van der Waals surface area contributed by atoms with Crippen LogP contribution >= 0.6 is 0 Å². The Balaban J connectivity index is 2.11. The van der Waals surface area contributed by atoms with Crippen LogP contribution in [0.5, 0.6) is 0 Å². The van der Waals surface area contributed by atoms with E-state index in [9.17, 15) is 4.79 Å². The zero-order valence-corrected chi connectivity index (χ0v) is 10.5. The highest BCUT2D eigenvalue weighted by Crippen LogP contribution is 2.41. The number of allylic oxidation sites excluding steroid dienone is 2. The van der Waals surface area contributed by atoms with Crippen molar-refractivity contribution < 1.29 is 4.79 Å². The van der Waals surface area contributed by atoms with Crippen LogP contribution in [0.1, 0.15) is 49.3 Å². The molecule has 0 aromatic heterocycles. The molecule has 0 aliphatic heterocycles. The van der Waals surface area contributed by atoms with E-state index in [-0.39, 0.29) is 0 Å². The molecule has 17 heavy (non-hydrogen) atoms. The number of rotatable bonds is 1. The van der Waals surface area contributed by atoms with Crippen molar-refractivity contribution in [1.82, 2.24) is 0 Å². The van der Waals surface area contributed by atoms with Crippen LogP contribution in [-0.4, -0.2) is 5.78 Å². The fourth-order valence-electron chi connectivity index (χ4n) is 3.03. The molecule has 1 aromatic rings. The van der Waals surface area contributed by atoms with Crippen molar-refractivity contribution in [2.75, 3.05) is 0 Å². The van der Waals surface area contributed by atoms with Crippen molar-refractivity contribution in [3.8, 4) is 0 Å². The van der Waals surface area contributed by atoms with Gasteiger partial charge in [-0.1, -0.05) is 32.0 Å². The standard InChI is InChI=1S/C16H18O/c1-10(2)12-5-3-11-4-6-13-7-14(17)9-16(13)15(11)8-12/h3,5,8-10,13H,4,6-7H2,1-2H3. The summed E-state index contributed by atoms with van der Waals surface area (Å²) in [5.74, 6) is 1.36. The van der Waals surface area contributed by atoms with Gasteiger partial charge in [0.15, 0.2) is 5.78 Å². The average Bonchev–Trinajstić information content (AvgIpc) is 2.69. The lowest BCUT2D eigenvalue weighted by molar-refractivity contribution is -0.114. The summed E-state index contributed by atoms with van der Waals surface area (Å²) in [5, 5.41) is 0. The molecule has 1 heteroatoms. The first-order chi connectivity index (χ1) is 8.15. The molecule has 1 aromatic carbocycles. The lowest BCUT2D eigenvalue weighted by Gasteiger charge is -2.24. The van der Waals surface area contributed by atoms with Crippen LogP contribution in [0.4, 0.5) is 0 Å². The molecule has 0 radical (unpaired) electrons. The summed E-state index contributed by atoms with van der Waals surface area (Å²) in [6.45, 7) is 4.44. The number of benzene rings is 1. The number of aryl methyl sites for hydroxylation is 1. The maximum atomic E-state index is 11.6. The van der Waals surface area contributed by atoms with Gasteiger partial charge in [0.25, 0.3) is 0 Å². The molecule has 0 spiro atoms. The van der Waals surface area contributed by atoms with Gasteiger partial charge in [0.2, 0.25) is 0 Å². The topological polar surface area (TPSA) is 17.1 Å². The fourth-order valence-corrected chi connectivity index (χ4v) is 3.03. The van der Waals surface area contributed by atoms with Crippen molar-refractivity contribution in [1.29, 1.82) is 0 Å². The number of fused-ring (bicyclic) bond motifs is 3. The minimum atomic E-state index is 0.313. The van der Waals surface area contributed by atoms with Crippen LogP contribution in [0.15, 0.2) is 24.3 Å². The normalized spacial score (nSPS) is 22.4. The molecule has 1 atom stereocenters. The molecule has 0 N–H and O–H groups in total. The van der Waals surface area contributed by atoms with Crippen LogP contribution in [-0.2, 0) is 11.2 Å². The second-order valence-electron chi connectivity index (χ2n) is 5.58. The Bertz CT molecular complexity index is 508. The molecule has 0 bridgehead atoms. The van der Waals surface area contributed by atoms with Gasteiger partial charge in [-0.15, -0.1) is 0 Å². The molecule has 0 saturated carbocycles. The highest BCUT2D eigenvalue weighted by atomic mass is 16.1. The van der Waals surface area contributed by atoms with E-state index in [4.69, 9.17) is 0 Å². The van der Waals surface area contributed by atoms with E-state index in [1.165, 1.54) is 22.3 Å². The Labute approximate surface area is 103 Å². The van der Waals surface area contributed by atoms with Gasteiger partial charge < -0.3 is 0 Å². The summed E-state index contributed by atoms with van der Waals surface area (Å²) in [6.07, 6.45) is 4.89. The van der Waals surface area contributed by atoms with Gasteiger partial charge in [-0.3, -0.25) is 4.79 Å². The first-order valence-corrected chi connectivity index (χ1v) is 6.53. The minimum Gasteiger partial charge on any atom is -0.295 e. The van der Waals surface area contributed by atoms with Gasteiger partial charge in [0.1, 0.15) is 0 Å². The van der Waals surface area contributed by atoms with E-state index in [0.717, 1.165) is 19.3 Å². The van der Waals surface area contributed by atoms with Gasteiger partial charge in [0.05, 0.1) is 0 Å². The number of carbonyl (C=O) groups excluding carboxylic acids is 1. The number of hydrogen-bond donors (Lipinski definition) is 0. The lowest BCUT2D eigenvalue weighted by atomic mass is 9.80. The molecule has 88 valence electrons. The van der Waals surface area contributed by atoms with Crippen LogP contribution in [0.2, 0.25) is 0 Å². The number of hydrogen-bond acceptors (Lipinski definition) is 1. The number of carbonyl (C=O) groups is 1. The van der Waals surface area contributed by atoms with Crippen molar-refractivity contribution in [2.24, 2.45) is 5.92 Å². The predicted octanol–water partition coefficient (Wildman–Crippen LogP) is 3.73. The summed E-state index contributed by atoms with van der Waals surface area (Å²) in [5.41, 5.74) is 5.45. The van der Waals surface area contributed by atoms with E-state index in [2.05, 4.69) is 32.0 Å². The highest BCUT2D eigenvalue weighted by molar-refractivity contribution is 6.03. The summed E-state index contributed by atoms with van der Waals surface area (Å²) >= 11 is 0. The van der Waals surface area contributed by atoms with Crippen molar-refractivity contribution >= 4 is 11.4 Å². The summed E-state index contributed by atoms with van der Waals surface area (Å²) in [4.78, 5) is 11.6. The maximum absolute atomic E-state index is 11.6. The second kappa shape index (κ2) is 3.83. The first kappa shape index (κ1) is 10.8. The Morgan fingerprint density at radius 3 is 2.88 bits per heavy atom. The molecular weight excluding hydrogens is 208 g/mol. The zero-order valence-electron chi connectivity index (χ0n) is 10.5. The van der Waals surface area contributed by atoms with E-state index in [1.54, 1.807) is 0 Å². The van der Waals surface area contributed by atoms with Gasteiger partial charge in [-0.2, -0.15) is 0 Å². The van der Waals surface area contributed by atoms with Crippen molar-refractivity contribution in [3.63, 3.8) is 0 Å². The SMILES string of the molecule is CC(C)c1ccc2c(c1)C1=CC(=O)CC1CC2. The summed E-state index contributed by atoms with van der Waals surface area (Å²) in [6, 6.07) is 6.79. The van der Waals surface area contributed by atoms with E-state index < -0.39 is 0 Å². The summed E-state index contributed by atoms with van der Waals surface area (Å²) in [7, 11) is 0. The lowest BCUT2D eigenvalue weighted by Crippen LogP contribution is -2.11. The number of ketones is 1. The molecule has 2 aliphatic carbocycles. The monoisotopic (exact) mass is 226 g/mol. The Morgan fingerprint density at radius 2 is 2.12 bits per heavy atom. The minimum absolute atomic E-state index is 0.313. The maximum Gasteiger partial charge on any atom is 0.156 e. The van der Waals surface area contributed by atoms with Crippen LogP contribution in [0.25, 0.3) is 5.57 Å².